The zero-order valence-corrected chi connectivity index (χ0v) is 15.3. The summed E-state index contributed by atoms with van der Waals surface area (Å²) in [6, 6.07) is 0. The van der Waals surface area contributed by atoms with Crippen LogP contribution in [-0.4, -0.2) is 24.9 Å². The Labute approximate surface area is 126 Å². The Morgan fingerprint density at radius 3 is 2.06 bits per heavy atom. The Balaban J connectivity index is 0.00000137. The van der Waals surface area contributed by atoms with Crippen LogP contribution in [0.25, 0.3) is 0 Å². The van der Waals surface area contributed by atoms with Crippen LogP contribution in [0.4, 0.5) is 0 Å². The average molecular weight is 386 g/mol. The number of rotatable bonds is 4. The molecule has 1 unspecified atom stereocenters. The number of halogens is 1. The van der Waals surface area contributed by atoms with Gasteiger partial charge >= 0.3 is 7.12 Å². The third-order valence-corrected chi connectivity index (χ3v) is 4.23. The van der Waals surface area contributed by atoms with Crippen LogP contribution in [0.5, 0.6) is 0 Å². The van der Waals surface area contributed by atoms with Crippen molar-refractivity contribution in [2.75, 3.05) is 6.54 Å². The van der Waals surface area contributed by atoms with Gasteiger partial charge in [0, 0.05) is 18.5 Å². The molecule has 0 aromatic carbocycles. The molecule has 1 aliphatic heterocycles. The molecule has 4 nitrogen and oxygen atoms in total. The molecule has 18 heavy (non-hydrogen) atoms. The summed E-state index contributed by atoms with van der Waals surface area (Å²) in [4.78, 5) is 0. The lowest BCUT2D eigenvalue weighted by Crippen LogP contribution is -2.41. The molecule has 0 aromatic rings. The second kappa shape index (κ2) is 8.05. The first-order chi connectivity index (χ1) is 8.34. The van der Waals surface area contributed by atoms with Crippen molar-refractivity contribution in [2.24, 2.45) is 5.73 Å². The third kappa shape index (κ3) is 4.64. The van der Waals surface area contributed by atoms with E-state index in [1.807, 2.05) is 47.6 Å². The quantitative estimate of drug-likeness (QED) is 0.443. The van der Waals surface area contributed by atoms with Crippen molar-refractivity contribution in [3.05, 3.63) is 11.7 Å². The van der Waals surface area contributed by atoms with E-state index in [0.717, 1.165) is 5.60 Å². The minimum absolute atomic E-state index is 0.304. The molecule has 0 radical (unpaired) electrons. The fourth-order valence-corrected chi connectivity index (χ4v) is 2.62. The van der Waals surface area contributed by atoms with Crippen molar-refractivity contribution in [1.29, 1.82) is 0 Å². The highest BCUT2D eigenvalue weighted by atomic mass is 127. The molecule has 0 saturated carbocycles. The van der Waals surface area contributed by atoms with Gasteiger partial charge in [-0.15, -0.1) is 0 Å². The van der Waals surface area contributed by atoms with E-state index in [2.05, 4.69) is 27.1 Å². The maximum absolute atomic E-state index is 5.92. The zero-order valence-electron chi connectivity index (χ0n) is 12.1. The lowest BCUT2D eigenvalue weighted by molar-refractivity contribution is 0.00578. The first-order valence-corrected chi connectivity index (χ1v) is 10.3. The molecule has 3 N–H and O–H groups in total. The van der Waals surface area contributed by atoms with Gasteiger partial charge in [0.25, 0.3) is 0 Å². The van der Waals surface area contributed by atoms with Gasteiger partial charge in [-0.3, -0.25) is 0 Å². The van der Waals surface area contributed by atoms with Gasteiger partial charge in [-0.1, -0.05) is 19.9 Å². The minimum atomic E-state index is -0.337. The molecule has 1 rings (SSSR count). The van der Waals surface area contributed by atoms with Crippen molar-refractivity contribution < 1.29 is 9.31 Å². The van der Waals surface area contributed by atoms with Crippen molar-refractivity contribution in [2.45, 2.75) is 52.7 Å². The summed E-state index contributed by atoms with van der Waals surface area (Å²) in [5.41, 5.74) is 5.85. The molecule has 106 valence electrons. The monoisotopic (exact) mass is 386 g/mol. The smallest absolute Gasteiger partial charge is 0.398 e. The van der Waals surface area contributed by atoms with Gasteiger partial charge in [0.05, 0.1) is 11.2 Å². The van der Waals surface area contributed by atoms with Crippen molar-refractivity contribution in [1.82, 2.24) is 5.09 Å². The SMILES string of the molecule is CC.CC1(C)OB(/C(=C/CN)NPI)OC1(C)C. The van der Waals surface area contributed by atoms with Crippen molar-refractivity contribution in [3.63, 3.8) is 0 Å². The second-order valence-corrected chi connectivity index (χ2v) is 6.76. The van der Waals surface area contributed by atoms with Gasteiger partial charge in [0.2, 0.25) is 0 Å². The summed E-state index contributed by atoms with van der Waals surface area (Å²) in [6.07, 6.45) is 2.49. The third-order valence-electron chi connectivity index (χ3n) is 3.04. The Hall–Kier alpha value is 0.645. The Kier molecular flexibility index (Phi) is 8.34. The molecular weight excluding hydrogens is 361 g/mol. The highest BCUT2D eigenvalue weighted by Gasteiger charge is 2.52. The Bertz CT molecular complexity index is 272. The maximum atomic E-state index is 5.92. The molecule has 1 atom stereocenters. The van der Waals surface area contributed by atoms with Gasteiger partial charge < -0.3 is 20.1 Å². The van der Waals surface area contributed by atoms with Crippen LogP contribution >= 0.6 is 28.4 Å². The summed E-state index contributed by atoms with van der Waals surface area (Å²) in [6.45, 7) is 12.6. The normalized spacial score (nSPS) is 22.0. The fraction of sp³-hybridized carbons (Fsp3) is 0.818. The summed E-state index contributed by atoms with van der Waals surface area (Å²) < 4.78 is 11.8. The number of hydrogen-bond donors (Lipinski definition) is 2. The van der Waals surface area contributed by atoms with Crippen LogP contribution < -0.4 is 10.8 Å². The largest absolute Gasteiger partial charge is 0.511 e. The van der Waals surface area contributed by atoms with E-state index >= 15 is 0 Å². The van der Waals surface area contributed by atoms with Gasteiger partial charge in [-0.25, -0.2) is 0 Å². The van der Waals surface area contributed by atoms with E-state index < -0.39 is 0 Å². The van der Waals surface area contributed by atoms with E-state index in [4.69, 9.17) is 15.0 Å². The molecule has 0 bridgehead atoms. The molecule has 0 amide bonds. The highest BCUT2D eigenvalue weighted by molar-refractivity contribution is 14.2. The van der Waals surface area contributed by atoms with E-state index in [0.29, 0.717) is 12.9 Å². The minimum Gasteiger partial charge on any atom is -0.398 e. The topological polar surface area (TPSA) is 56.5 Å². The van der Waals surface area contributed by atoms with Crippen LogP contribution in [0.15, 0.2) is 11.7 Å². The molecule has 1 fully saturated rings. The zero-order chi connectivity index (χ0) is 14.4. The van der Waals surface area contributed by atoms with Gasteiger partial charge in [-0.2, -0.15) is 0 Å². The van der Waals surface area contributed by atoms with Crippen molar-refractivity contribution in [3.8, 4) is 0 Å². The predicted molar refractivity (Wildman–Crippen MR) is 90.0 cm³/mol. The van der Waals surface area contributed by atoms with Crippen LogP contribution in [0, 0.1) is 0 Å². The van der Waals surface area contributed by atoms with Crippen LogP contribution in [0.2, 0.25) is 0 Å². The average Bonchev–Trinajstić information content (AvgIpc) is 2.51. The van der Waals surface area contributed by atoms with Gasteiger partial charge in [0.1, 0.15) is 0 Å². The van der Waals surface area contributed by atoms with E-state index in [9.17, 15) is 0 Å². The van der Waals surface area contributed by atoms with Gasteiger partial charge in [0.15, 0.2) is 0 Å². The van der Waals surface area contributed by atoms with E-state index in [1.165, 1.54) is 0 Å². The first-order valence-electron chi connectivity index (χ1n) is 6.21. The molecule has 1 aliphatic rings. The summed E-state index contributed by atoms with van der Waals surface area (Å²) in [5.74, 6) is 0. The lowest BCUT2D eigenvalue weighted by Gasteiger charge is -2.32. The number of nitrogens with two attached hydrogens (primary N) is 1. The predicted octanol–water partition coefficient (Wildman–Crippen LogP) is 3.02. The van der Waals surface area contributed by atoms with Crippen LogP contribution in [0.1, 0.15) is 41.5 Å². The summed E-state index contributed by atoms with van der Waals surface area (Å²) in [7, 11) is -0.337. The highest BCUT2D eigenvalue weighted by Crippen LogP contribution is 2.38. The second-order valence-electron chi connectivity index (χ2n) is 4.70. The number of hydrogen-bond acceptors (Lipinski definition) is 4. The van der Waals surface area contributed by atoms with Crippen LogP contribution in [-0.2, 0) is 9.31 Å². The molecular formula is C11H25BIN2O2P. The molecule has 0 aliphatic carbocycles. The fourth-order valence-electron chi connectivity index (χ4n) is 1.36. The van der Waals surface area contributed by atoms with E-state index in [1.54, 1.807) is 0 Å². The number of nitrogens with one attached hydrogen (secondary N) is 1. The first kappa shape index (κ1) is 18.6. The Morgan fingerprint density at radius 2 is 1.72 bits per heavy atom. The standard InChI is InChI=1S/C9H19BIN2O2P.C2H6/c1-8(2)9(3,4)15-10(14-8)7(5-6-12)13-16-11;1-2/h5,13,16H,6,12H2,1-4H3;1-2H3/b7-5-;. The van der Waals surface area contributed by atoms with Crippen LogP contribution in [0.3, 0.4) is 0 Å². The van der Waals surface area contributed by atoms with Gasteiger partial charge in [-0.05, 0) is 49.7 Å². The summed E-state index contributed by atoms with van der Waals surface area (Å²) >= 11 is 2.27. The molecule has 0 aromatic heterocycles. The molecule has 7 heteroatoms. The summed E-state index contributed by atoms with van der Waals surface area (Å²) in [5, 5.41) is 3.25. The molecule has 1 saturated heterocycles. The maximum Gasteiger partial charge on any atom is 0.511 e. The Morgan fingerprint density at radius 1 is 1.28 bits per heavy atom. The van der Waals surface area contributed by atoms with Crippen molar-refractivity contribution >= 4 is 35.5 Å². The molecule has 0 spiro atoms. The molecule has 1 heterocycles. The lowest BCUT2D eigenvalue weighted by atomic mass is 9.85. The van der Waals surface area contributed by atoms with E-state index in [-0.39, 0.29) is 18.3 Å².